The maximum absolute atomic E-state index is 9.99. The van der Waals surface area contributed by atoms with Gasteiger partial charge in [0.15, 0.2) is 0 Å². The van der Waals surface area contributed by atoms with Gasteiger partial charge in [0.05, 0.1) is 12.2 Å². The fourth-order valence-corrected chi connectivity index (χ4v) is 3.14. The third-order valence-corrected chi connectivity index (χ3v) is 4.14. The summed E-state index contributed by atoms with van der Waals surface area (Å²) >= 11 is 1.60. The number of ether oxygens (including phenoxy) is 1. The molecule has 0 spiro atoms. The Bertz CT molecular complexity index is 318. The minimum absolute atomic E-state index is 0.315. The van der Waals surface area contributed by atoms with E-state index in [0.29, 0.717) is 24.8 Å². The maximum Gasteiger partial charge on any atom is 0.101 e. The van der Waals surface area contributed by atoms with Gasteiger partial charge in [0.25, 0.3) is 0 Å². The van der Waals surface area contributed by atoms with Crippen LogP contribution >= 0.6 is 11.3 Å². The van der Waals surface area contributed by atoms with Gasteiger partial charge in [-0.2, -0.15) is 0 Å². The summed E-state index contributed by atoms with van der Waals surface area (Å²) in [6.07, 6.45) is 2.30. The van der Waals surface area contributed by atoms with Gasteiger partial charge in [0.2, 0.25) is 0 Å². The molecule has 96 valence electrons. The van der Waals surface area contributed by atoms with E-state index >= 15 is 0 Å². The average molecular weight is 255 g/mol. The quantitative estimate of drug-likeness (QED) is 0.867. The molecule has 1 aliphatic rings. The zero-order chi connectivity index (χ0) is 12.3. The van der Waals surface area contributed by atoms with Crippen molar-refractivity contribution in [3.05, 3.63) is 22.4 Å². The molecule has 1 aromatic rings. The molecule has 1 fully saturated rings. The summed E-state index contributed by atoms with van der Waals surface area (Å²) in [5, 5.41) is 15.4. The van der Waals surface area contributed by atoms with Crippen molar-refractivity contribution in [3.63, 3.8) is 0 Å². The topological polar surface area (TPSA) is 41.5 Å². The van der Waals surface area contributed by atoms with Gasteiger partial charge in [0, 0.05) is 17.5 Å². The van der Waals surface area contributed by atoms with Gasteiger partial charge in [-0.25, -0.2) is 0 Å². The molecule has 0 unspecified atom stereocenters. The van der Waals surface area contributed by atoms with Crippen LogP contribution in [0.25, 0.3) is 0 Å². The third-order valence-electron chi connectivity index (χ3n) is 3.17. The number of aliphatic hydroxyl groups excluding tert-OH is 1. The van der Waals surface area contributed by atoms with Crippen LogP contribution in [0, 0.1) is 0 Å². The van der Waals surface area contributed by atoms with Gasteiger partial charge in [-0.05, 0) is 38.1 Å². The second kappa shape index (κ2) is 5.96. The van der Waals surface area contributed by atoms with Crippen LogP contribution < -0.4 is 5.32 Å². The maximum atomic E-state index is 9.99. The zero-order valence-electron chi connectivity index (χ0n) is 10.4. The van der Waals surface area contributed by atoms with Crippen molar-refractivity contribution < 1.29 is 9.84 Å². The Hall–Kier alpha value is -0.420. The minimum atomic E-state index is -0.386. The Morgan fingerprint density at radius 2 is 2.18 bits per heavy atom. The second-order valence-electron chi connectivity index (χ2n) is 4.87. The van der Waals surface area contributed by atoms with E-state index in [1.165, 1.54) is 0 Å². The molecule has 17 heavy (non-hydrogen) atoms. The second-order valence-corrected chi connectivity index (χ2v) is 5.84. The first-order chi connectivity index (χ1) is 8.15. The Labute approximate surface area is 107 Å². The lowest BCUT2D eigenvalue weighted by molar-refractivity contribution is -0.0433. The first-order valence-corrected chi connectivity index (χ1v) is 7.13. The molecule has 0 amide bonds. The van der Waals surface area contributed by atoms with Crippen molar-refractivity contribution in [1.29, 1.82) is 0 Å². The summed E-state index contributed by atoms with van der Waals surface area (Å²) in [5.41, 5.74) is 0. The van der Waals surface area contributed by atoms with Crippen LogP contribution in [-0.2, 0) is 4.74 Å². The standard InChI is InChI=1S/C13H21NO2S/c1-9-6-11(7-10(2)16-9)14-8-12(15)13-4-3-5-17-13/h3-5,9-12,14-15H,6-8H2,1-2H3/t9-,10-,12+/m1/s1. The SMILES string of the molecule is C[C@@H]1CC(NC[C@H](O)c2cccs2)C[C@@H](C)O1. The molecule has 1 saturated heterocycles. The van der Waals surface area contributed by atoms with Gasteiger partial charge in [-0.15, -0.1) is 11.3 Å². The molecule has 2 N–H and O–H groups in total. The first-order valence-electron chi connectivity index (χ1n) is 6.25. The minimum Gasteiger partial charge on any atom is -0.386 e. The van der Waals surface area contributed by atoms with Gasteiger partial charge in [0.1, 0.15) is 6.10 Å². The van der Waals surface area contributed by atoms with Crippen LogP contribution in [0.3, 0.4) is 0 Å². The molecule has 0 aromatic carbocycles. The van der Waals surface area contributed by atoms with Crippen molar-refractivity contribution in [1.82, 2.24) is 5.32 Å². The highest BCUT2D eigenvalue weighted by Crippen LogP contribution is 2.21. The van der Waals surface area contributed by atoms with E-state index in [2.05, 4.69) is 19.2 Å². The first kappa shape index (κ1) is 13.0. The molecule has 0 aliphatic carbocycles. The molecule has 1 aromatic heterocycles. The predicted molar refractivity (Wildman–Crippen MR) is 70.3 cm³/mol. The number of aliphatic hydroxyl groups is 1. The van der Waals surface area contributed by atoms with Crippen molar-refractivity contribution in [2.45, 2.75) is 51.0 Å². The van der Waals surface area contributed by atoms with Gasteiger partial charge >= 0.3 is 0 Å². The largest absolute Gasteiger partial charge is 0.386 e. The summed E-state index contributed by atoms with van der Waals surface area (Å²) in [4.78, 5) is 1.03. The van der Waals surface area contributed by atoms with Crippen molar-refractivity contribution >= 4 is 11.3 Å². The Morgan fingerprint density at radius 3 is 2.76 bits per heavy atom. The highest BCUT2D eigenvalue weighted by atomic mass is 32.1. The summed E-state index contributed by atoms with van der Waals surface area (Å²) in [6, 6.07) is 4.41. The third kappa shape index (κ3) is 3.78. The lowest BCUT2D eigenvalue weighted by Gasteiger charge is -2.33. The smallest absolute Gasteiger partial charge is 0.101 e. The van der Waals surface area contributed by atoms with E-state index in [0.717, 1.165) is 17.7 Å². The molecule has 0 saturated carbocycles. The van der Waals surface area contributed by atoms with E-state index in [9.17, 15) is 5.11 Å². The lowest BCUT2D eigenvalue weighted by atomic mass is 10.00. The van der Waals surface area contributed by atoms with Crippen LogP contribution in [0.15, 0.2) is 17.5 Å². The Kier molecular flexibility index (Phi) is 4.56. The molecule has 1 aliphatic heterocycles. The zero-order valence-corrected chi connectivity index (χ0v) is 11.2. The van der Waals surface area contributed by atoms with Gasteiger partial charge in [-0.1, -0.05) is 6.07 Å². The average Bonchev–Trinajstić information content (AvgIpc) is 2.78. The summed E-state index contributed by atoms with van der Waals surface area (Å²) < 4.78 is 5.69. The fourth-order valence-electron chi connectivity index (χ4n) is 2.43. The van der Waals surface area contributed by atoms with Crippen LogP contribution in [0.5, 0.6) is 0 Å². The molecule has 3 atom stereocenters. The number of rotatable bonds is 4. The number of hydrogen-bond acceptors (Lipinski definition) is 4. The molecular weight excluding hydrogens is 234 g/mol. The highest BCUT2D eigenvalue weighted by Gasteiger charge is 2.24. The molecule has 0 radical (unpaired) electrons. The van der Waals surface area contributed by atoms with Crippen LogP contribution in [-0.4, -0.2) is 29.9 Å². The van der Waals surface area contributed by atoms with E-state index in [-0.39, 0.29) is 6.10 Å². The number of nitrogens with one attached hydrogen (secondary N) is 1. The van der Waals surface area contributed by atoms with Crippen molar-refractivity contribution in [2.75, 3.05) is 6.54 Å². The van der Waals surface area contributed by atoms with E-state index in [1.807, 2.05) is 17.5 Å². The summed E-state index contributed by atoms with van der Waals surface area (Å²) in [7, 11) is 0. The normalized spacial score (nSPS) is 31.4. The fraction of sp³-hybridized carbons (Fsp3) is 0.692. The molecule has 0 bridgehead atoms. The van der Waals surface area contributed by atoms with Gasteiger partial charge in [-0.3, -0.25) is 0 Å². The lowest BCUT2D eigenvalue weighted by Crippen LogP contribution is -2.42. The predicted octanol–water partition coefficient (Wildman–Crippen LogP) is 2.33. The summed E-state index contributed by atoms with van der Waals surface area (Å²) in [6.45, 7) is 4.85. The summed E-state index contributed by atoms with van der Waals surface area (Å²) in [5.74, 6) is 0. The van der Waals surface area contributed by atoms with E-state index < -0.39 is 0 Å². The number of thiophene rings is 1. The number of hydrogen-bond donors (Lipinski definition) is 2. The van der Waals surface area contributed by atoms with Gasteiger partial charge < -0.3 is 15.2 Å². The van der Waals surface area contributed by atoms with Crippen molar-refractivity contribution in [3.8, 4) is 0 Å². The monoisotopic (exact) mass is 255 g/mol. The molecule has 3 nitrogen and oxygen atoms in total. The highest BCUT2D eigenvalue weighted by molar-refractivity contribution is 7.10. The van der Waals surface area contributed by atoms with Crippen LogP contribution in [0.4, 0.5) is 0 Å². The Balaban J connectivity index is 1.78. The molecule has 2 heterocycles. The van der Waals surface area contributed by atoms with E-state index in [4.69, 9.17) is 4.74 Å². The molecular formula is C13H21NO2S. The van der Waals surface area contributed by atoms with E-state index in [1.54, 1.807) is 11.3 Å². The molecule has 2 rings (SSSR count). The Morgan fingerprint density at radius 1 is 1.47 bits per heavy atom. The van der Waals surface area contributed by atoms with Crippen LogP contribution in [0.2, 0.25) is 0 Å². The van der Waals surface area contributed by atoms with Crippen molar-refractivity contribution in [2.24, 2.45) is 0 Å². The molecule has 4 heteroatoms. The van der Waals surface area contributed by atoms with Crippen LogP contribution in [0.1, 0.15) is 37.7 Å².